The van der Waals surface area contributed by atoms with Gasteiger partial charge < -0.3 is 25.8 Å². The minimum absolute atomic E-state index is 0.00858. The van der Waals surface area contributed by atoms with Crippen molar-refractivity contribution < 1.29 is 60.6 Å². The lowest BCUT2D eigenvalue weighted by atomic mass is 10.0. The van der Waals surface area contributed by atoms with Crippen LogP contribution in [0.2, 0.25) is 10.0 Å². The van der Waals surface area contributed by atoms with Crippen LogP contribution in [0, 0.1) is 0 Å². The van der Waals surface area contributed by atoms with Crippen LogP contribution < -0.4 is 21.3 Å². The van der Waals surface area contributed by atoms with Gasteiger partial charge in [0.2, 0.25) is 37.2 Å². The topological polar surface area (TPSA) is 210 Å². The molecule has 2 aliphatic rings. The number of allylic oxidation sites excluding steroid dienone is 1. The summed E-state index contributed by atoms with van der Waals surface area (Å²) in [5.74, 6) is -4.25. The maximum atomic E-state index is 16.3. The SMILES string of the molecule is C/C(=C\C(=O)N[C@H]1CCc2cccc3c2N(C1=O)[C@H](C(=O)N[C@H](C)CCC(N)=O)C3)c1ccc(C(F)(F)P(=O)(OCOC(=O)c2ccccc2Cl)OCOC(=O)c2ccccc2Cl)cc1. The number of nitrogens with zero attached hydrogens (tertiary/aromatic N) is 1. The maximum Gasteiger partial charge on any atom is 0.410 e. The molecule has 0 radical (unpaired) electrons. The van der Waals surface area contributed by atoms with Crippen molar-refractivity contribution in [1.82, 2.24) is 10.6 Å². The largest absolute Gasteiger partial charge is 0.434 e. The molecule has 20 heteroatoms. The predicted octanol–water partition coefficient (Wildman–Crippen LogP) is 7.46. The molecule has 4 N–H and O–H groups in total. The number of hydrogen-bond acceptors (Lipinski definition) is 11. The van der Waals surface area contributed by atoms with Gasteiger partial charge in [-0.05, 0) is 79.6 Å². The molecule has 4 aromatic rings. The fourth-order valence-corrected chi connectivity index (χ4v) is 8.91. The second-order valence-electron chi connectivity index (χ2n) is 15.1. The standard InChI is InChI=1S/C45H43Cl2F2N4O11P/c1-26(22-39(55)52-36-20-17-29-8-7-9-30-23-37(53(40(29)30)42(36)57)41(56)51-27(2)14-21-38(50)54)28-15-18-31(19-16-28)45(48,49)65(60,63-24-61-43(58)32-10-3-5-12-34(32)46)64-25-62-44(59)33-11-4-6-13-35(33)47/h3-13,15-16,18-19,22,27,36-37H,14,17,20-21,23-25H2,1-2H3,(H2,50,54)(H,51,56)(H,52,55)/b26-22+/t27-,36+,37+/m1/s1. The van der Waals surface area contributed by atoms with E-state index < -0.39 is 86.1 Å². The van der Waals surface area contributed by atoms with E-state index in [-0.39, 0.29) is 46.0 Å². The number of benzene rings is 4. The molecule has 2 aliphatic heterocycles. The molecule has 0 aromatic heterocycles. The first-order valence-corrected chi connectivity index (χ1v) is 22.4. The van der Waals surface area contributed by atoms with Crippen molar-refractivity contribution in [1.29, 1.82) is 0 Å². The third-order valence-corrected chi connectivity index (χ3v) is 13.1. The highest BCUT2D eigenvalue weighted by molar-refractivity contribution is 7.54. The lowest BCUT2D eigenvalue weighted by Gasteiger charge is -2.28. The zero-order chi connectivity index (χ0) is 47.1. The summed E-state index contributed by atoms with van der Waals surface area (Å²) in [4.78, 5) is 79.0. The molecule has 6 rings (SSSR count). The Morgan fingerprint density at radius 1 is 0.877 bits per heavy atom. The summed E-state index contributed by atoms with van der Waals surface area (Å²) in [5.41, 5.74) is 2.52. The summed E-state index contributed by atoms with van der Waals surface area (Å²) in [6, 6.07) is 18.9. The number of para-hydroxylation sites is 1. The first kappa shape index (κ1) is 48.5. The van der Waals surface area contributed by atoms with E-state index in [0.717, 1.165) is 23.3 Å². The molecule has 4 aromatic carbocycles. The molecule has 342 valence electrons. The van der Waals surface area contributed by atoms with E-state index >= 15 is 8.78 Å². The molecular formula is C45H43Cl2F2N4O11P. The van der Waals surface area contributed by atoms with Crippen LogP contribution in [0.25, 0.3) is 5.57 Å². The number of primary amides is 1. The summed E-state index contributed by atoms with van der Waals surface area (Å²) in [5, 5.41) is 5.58. The van der Waals surface area contributed by atoms with Gasteiger partial charge in [0.1, 0.15) is 12.1 Å². The highest BCUT2D eigenvalue weighted by atomic mass is 35.5. The number of carbonyl (C=O) groups excluding carboxylic acids is 6. The number of hydrogen-bond donors (Lipinski definition) is 3. The third kappa shape index (κ3) is 11.3. The van der Waals surface area contributed by atoms with Crippen molar-refractivity contribution in [2.24, 2.45) is 5.73 Å². The van der Waals surface area contributed by atoms with Gasteiger partial charge in [-0.25, -0.2) is 9.59 Å². The maximum absolute atomic E-state index is 16.3. The smallest absolute Gasteiger partial charge is 0.410 e. The number of carbonyl (C=O) groups is 6. The molecule has 0 unspecified atom stereocenters. The van der Waals surface area contributed by atoms with Gasteiger partial charge in [-0.2, -0.15) is 8.78 Å². The summed E-state index contributed by atoms with van der Waals surface area (Å²) < 4.78 is 66.2. The molecule has 65 heavy (non-hydrogen) atoms. The summed E-state index contributed by atoms with van der Waals surface area (Å²) >= 11 is 12.1. The Morgan fingerprint density at radius 3 is 2.02 bits per heavy atom. The van der Waals surface area contributed by atoms with Crippen LogP contribution in [0.4, 0.5) is 14.5 Å². The number of nitrogens with one attached hydrogen (secondary N) is 2. The highest BCUT2D eigenvalue weighted by Gasteiger charge is 2.56. The van der Waals surface area contributed by atoms with Crippen LogP contribution in [-0.2, 0) is 60.8 Å². The number of nitrogens with two attached hydrogens (primary N) is 1. The second-order valence-corrected chi connectivity index (χ2v) is 18.0. The molecule has 0 saturated carbocycles. The number of alkyl halides is 2. The molecule has 0 saturated heterocycles. The van der Waals surface area contributed by atoms with E-state index in [0.29, 0.717) is 24.1 Å². The minimum Gasteiger partial charge on any atom is -0.434 e. The summed E-state index contributed by atoms with van der Waals surface area (Å²) in [7, 11) is -5.72. The lowest BCUT2D eigenvalue weighted by molar-refractivity contribution is -0.128. The molecular weight excluding hydrogens is 912 g/mol. The predicted molar refractivity (Wildman–Crippen MR) is 235 cm³/mol. The van der Waals surface area contributed by atoms with E-state index in [4.69, 9.17) is 47.5 Å². The van der Waals surface area contributed by atoms with Gasteiger partial charge in [-0.1, -0.05) is 89.9 Å². The van der Waals surface area contributed by atoms with Gasteiger partial charge in [-0.3, -0.25) is 37.7 Å². The first-order chi connectivity index (χ1) is 30.9. The van der Waals surface area contributed by atoms with Crippen LogP contribution in [0.3, 0.4) is 0 Å². The Morgan fingerprint density at radius 2 is 1.45 bits per heavy atom. The molecule has 15 nitrogen and oxygen atoms in total. The average Bonchev–Trinajstić information content (AvgIpc) is 3.61. The monoisotopic (exact) mass is 954 g/mol. The highest BCUT2D eigenvalue weighted by Crippen LogP contribution is 2.67. The Hall–Kier alpha value is -5.97. The number of amides is 4. The van der Waals surface area contributed by atoms with Crippen LogP contribution in [0.1, 0.15) is 76.1 Å². The Kier molecular flexibility index (Phi) is 15.6. The first-order valence-electron chi connectivity index (χ1n) is 20.1. The van der Waals surface area contributed by atoms with Crippen LogP contribution in [0.5, 0.6) is 0 Å². The van der Waals surface area contributed by atoms with E-state index in [2.05, 4.69) is 10.6 Å². The summed E-state index contributed by atoms with van der Waals surface area (Å²) in [6.07, 6.45) is 2.45. The quantitative estimate of drug-likeness (QED) is 0.0386. The fourth-order valence-electron chi connectivity index (χ4n) is 7.24. The molecule has 0 bridgehead atoms. The van der Waals surface area contributed by atoms with Crippen molar-refractivity contribution in [3.05, 3.63) is 140 Å². The molecule has 0 spiro atoms. The number of rotatable bonds is 18. The van der Waals surface area contributed by atoms with Crippen molar-refractivity contribution in [3.8, 4) is 0 Å². The van der Waals surface area contributed by atoms with Gasteiger partial charge in [0.25, 0.3) is 0 Å². The Labute approximate surface area is 382 Å². The molecule has 0 fully saturated rings. The Balaban J connectivity index is 1.15. The zero-order valence-corrected chi connectivity index (χ0v) is 37.3. The number of anilines is 1. The Bertz CT molecular complexity index is 2510. The van der Waals surface area contributed by atoms with Crippen molar-refractivity contribution >= 4 is 77.6 Å². The van der Waals surface area contributed by atoms with Gasteiger partial charge in [0.15, 0.2) is 0 Å². The van der Waals surface area contributed by atoms with Crippen LogP contribution in [0.15, 0.2) is 97.1 Å². The molecule has 0 aliphatic carbocycles. The zero-order valence-electron chi connectivity index (χ0n) is 34.9. The molecule has 4 amide bonds. The van der Waals surface area contributed by atoms with Crippen molar-refractivity contribution in [2.75, 3.05) is 18.5 Å². The van der Waals surface area contributed by atoms with Crippen molar-refractivity contribution in [3.63, 3.8) is 0 Å². The van der Waals surface area contributed by atoms with E-state index in [1.165, 1.54) is 66.4 Å². The van der Waals surface area contributed by atoms with Gasteiger partial charge in [0, 0.05) is 30.5 Å². The number of ether oxygens (including phenoxy) is 2. The van der Waals surface area contributed by atoms with E-state index in [1.54, 1.807) is 19.1 Å². The van der Waals surface area contributed by atoms with E-state index in [1.807, 2.05) is 18.2 Å². The van der Waals surface area contributed by atoms with Crippen LogP contribution in [-0.4, -0.2) is 67.3 Å². The number of halogens is 4. The molecule has 3 atom stereocenters. The second kappa shape index (κ2) is 20.9. The number of aryl methyl sites for hydroxylation is 1. The average molecular weight is 956 g/mol. The van der Waals surface area contributed by atoms with E-state index in [9.17, 15) is 33.3 Å². The summed E-state index contributed by atoms with van der Waals surface area (Å²) in [6.45, 7) is 0.686. The van der Waals surface area contributed by atoms with Gasteiger partial charge >= 0.3 is 25.2 Å². The number of esters is 2. The van der Waals surface area contributed by atoms with Gasteiger partial charge in [0.05, 0.1) is 26.9 Å². The third-order valence-electron chi connectivity index (χ3n) is 10.6. The molecule has 2 heterocycles. The van der Waals surface area contributed by atoms with Crippen LogP contribution >= 0.6 is 30.8 Å². The normalized spacial score (nSPS) is 16.5. The minimum atomic E-state index is -5.72. The van der Waals surface area contributed by atoms with Gasteiger partial charge in [-0.15, -0.1) is 0 Å². The lowest BCUT2D eigenvalue weighted by Crippen LogP contribution is -2.55. The fraction of sp³-hybridized carbons (Fsp3) is 0.289. The van der Waals surface area contributed by atoms with Crippen molar-refractivity contribution in [2.45, 2.75) is 69.7 Å².